The van der Waals surface area contributed by atoms with Crippen LogP contribution in [0.25, 0.3) is 0 Å². The van der Waals surface area contributed by atoms with E-state index in [1.54, 1.807) is 13.8 Å². The summed E-state index contributed by atoms with van der Waals surface area (Å²) in [6, 6.07) is 0. The second kappa shape index (κ2) is 7.51. The van der Waals surface area contributed by atoms with E-state index in [4.69, 9.17) is 23.7 Å². The number of hydrogen-bond donors (Lipinski definition) is 1. The highest BCUT2D eigenvalue weighted by Gasteiger charge is 2.47. The van der Waals surface area contributed by atoms with Gasteiger partial charge in [0.05, 0.1) is 19.3 Å². The van der Waals surface area contributed by atoms with Gasteiger partial charge in [0.25, 0.3) is 0 Å². The zero-order chi connectivity index (χ0) is 17.0. The molecular weight excluding hydrogens is 304 g/mol. The maximum atomic E-state index is 11.6. The quantitative estimate of drug-likeness (QED) is 0.682. The normalized spacial score (nSPS) is 28.1. The fourth-order valence-electron chi connectivity index (χ4n) is 2.46. The summed E-state index contributed by atoms with van der Waals surface area (Å²) in [5.41, 5.74) is 0. The van der Waals surface area contributed by atoms with E-state index in [1.165, 1.54) is 0 Å². The van der Waals surface area contributed by atoms with Crippen LogP contribution in [0.3, 0.4) is 0 Å². The molecule has 132 valence electrons. The first-order valence-corrected chi connectivity index (χ1v) is 8.04. The van der Waals surface area contributed by atoms with Crippen LogP contribution in [-0.2, 0) is 28.5 Å². The van der Waals surface area contributed by atoms with E-state index in [0.717, 1.165) is 6.42 Å². The van der Waals surface area contributed by atoms with Gasteiger partial charge >= 0.3 is 5.97 Å². The molecule has 0 aromatic heterocycles. The predicted octanol–water partition coefficient (Wildman–Crippen LogP) is 2.05. The lowest BCUT2D eigenvalue weighted by atomic mass is 10.2. The summed E-state index contributed by atoms with van der Waals surface area (Å²) in [5.74, 6) is -1.92. The van der Waals surface area contributed by atoms with Crippen LogP contribution in [0, 0.1) is 0 Å². The second-order valence-corrected chi connectivity index (χ2v) is 6.22. The first kappa shape index (κ1) is 18.0. The first-order valence-electron chi connectivity index (χ1n) is 8.04. The number of aliphatic hydroxyl groups excluding tert-OH is 1. The molecule has 0 aliphatic carbocycles. The van der Waals surface area contributed by atoms with E-state index >= 15 is 0 Å². The third-order valence-corrected chi connectivity index (χ3v) is 3.68. The van der Waals surface area contributed by atoms with Crippen molar-refractivity contribution in [2.45, 2.75) is 64.6 Å². The van der Waals surface area contributed by atoms with E-state index in [1.807, 2.05) is 13.8 Å². The average Bonchev–Trinajstić information content (AvgIpc) is 2.98. The molecule has 0 radical (unpaired) electrons. The Bertz CT molecular complexity index is 457. The largest absolute Gasteiger partial charge is 0.499 e. The Kier molecular flexibility index (Phi) is 5.89. The van der Waals surface area contributed by atoms with Crippen LogP contribution >= 0.6 is 0 Å². The van der Waals surface area contributed by atoms with Crippen LogP contribution in [0.1, 0.15) is 40.5 Å². The maximum Gasteiger partial charge on any atom is 0.378 e. The van der Waals surface area contributed by atoms with Crippen molar-refractivity contribution in [2.24, 2.45) is 0 Å². The van der Waals surface area contributed by atoms with Crippen LogP contribution in [0.2, 0.25) is 0 Å². The van der Waals surface area contributed by atoms with Crippen molar-refractivity contribution in [2.75, 3.05) is 19.8 Å². The van der Waals surface area contributed by atoms with E-state index < -0.39 is 29.7 Å². The molecule has 2 aliphatic heterocycles. The van der Waals surface area contributed by atoms with E-state index in [-0.39, 0.29) is 18.5 Å². The Morgan fingerprint density at radius 2 is 2.13 bits per heavy atom. The fourth-order valence-corrected chi connectivity index (χ4v) is 2.46. The minimum atomic E-state index is -0.798. The fraction of sp³-hybridized carbons (Fsp3) is 0.812. The molecule has 1 saturated heterocycles. The third kappa shape index (κ3) is 4.59. The van der Waals surface area contributed by atoms with Gasteiger partial charge in [0.15, 0.2) is 17.7 Å². The van der Waals surface area contributed by atoms with Gasteiger partial charge in [-0.2, -0.15) is 0 Å². The SMILES string of the molecule is CCCOC(C)CCOC1=C(O)C(=O)OC1C1COC(C)(C)O1. The number of hydrogen-bond acceptors (Lipinski definition) is 7. The molecule has 0 aromatic carbocycles. The van der Waals surface area contributed by atoms with Gasteiger partial charge in [-0.1, -0.05) is 6.92 Å². The third-order valence-electron chi connectivity index (χ3n) is 3.68. The molecule has 0 amide bonds. The summed E-state index contributed by atoms with van der Waals surface area (Å²) in [5, 5.41) is 9.88. The highest BCUT2D eigenvalue weighted by molar-refractivity contribution is 5.89. The van der Waals surface area contributed by atoms with Crippen LogP contribution in [0.15, 0.2) is 11.5 Å². The van der Waals surface area contributed by atoms with Crippen molar-refractivity contribution in [1.82, 2.24) is 0 Å². The topological polar surface area (TPSA) is 83.5 Å². The molecule has 3 atom stereocenters. The number of cyclic esters (lactones) is 1. The van der Waals surface area contributed by atoms with E-state index in [0.29, 0.717) is 19.6 Å². The smallest absolute Gasteiger partial charge is 0.378 e. The van der Waals surface area contributed by atoms with Crippen molar-refractivity contribution in [3.05, 3.63) is 11.5 Å². The summed E-state index contributed by atoms with van der Waals surface area (Å²) < 4.78 is 27.5. The maximum absolute atomic E-state index is 11.6. The summed E-state index contributed by atoms with van der Waals surface area (Å²) in [6.45, 7) is 8.83. The number of aliphatic hydroxyl groups is 1. The molecule has 1 fully saturated rings. The molecule has 1 N–H and O–H groups in total. The Hall–Kier alpha value is -1.31. The molecule has 2 rings (SSSR count). The first-order chi connectivity index (χ1) is 10.8. The van der Waals surface area contributed by atoms with E-state index in [9.17, 15) is 9.90 Å². The van der Waals surface area contributed by atoms with Gasteiger partial charge in [-0.3, -0.25) is 0 Å². The van der Waals surface area contributed by atoms with E-state index in [2.05, 4.69) is 0 Å². The highest BCUT2D eigenvalue weighted by atomic mass is 16.8. The Balaban J connectivity index is 1.90. The Labute approximate surface area is 136 Å². The van der Waals surface area contributed by atoms with Gasteiger partial charge in [0, 0.05) is 13.0 Å². The van der Waals surface area contributed by atoms with Crippen LogP contribution in [-0.4, -0.2) is 55.0 Å². The highest BCUT2D eigenvalue weighted by Crippen LogP contribution is 2.33. The molecule has 3 unspecified atom stereocenters. The molecule has 2 aliphatic rings. The van der Waals surface area contributed by atoms with Crippen molar-refractivity contribution in [1.29, 1.82) is 0 Å². The van der Waals surface area contributed by atoms with Crippen LogP contribution in [0.5, 0.6) is 0 Å². The lowest BCUT2D eigenvalue weighted by Crippen LogP contribution is -2.33. The molecule has 0 saturated carbocycles. The summed E-state index contributed by atoms with van der Waals surface area (Å²) >= 11 is 0. The molecule has 0 spiro atoms. The summed E-state index contributed by atoms with van der Waals surface area (Å²) in [6.07, 6.45) is 0.361. The van der Waals surface area contributed by atoms with Crippen LogP contribution < -0.4 is 0 Å². The lowest BCUT2D eigenvalue weighted by molar-refractivity contribution is -0.163. The monoisotopic (exact) mass is 330 g/mol. The molecule has 7 nitrogen and oxygen atoms in total. The number of rotatable bonds is 8. The lowest BCUT2D eigenvalue weighted by Gasteiger charge is -2.22. The van der Waals surface area contributed by atoms with Gasteiger partial charge in [0.2, 0.25) is 5.76 Å². The predicted molar refractivity (Wildman–Crippen MR) is 80.7 cm³/mol. The molecule has 0 aromatic rings. The summed E-state index contributed by atoms with van der Waals surface area (Å²) in [7, 11) is 0. The van der Waals surface area contributed by atoms with Gasteiger partial charge in [-0.15, -0.1) is 0 Å². The zero-order valence-corrected chi connectivity index (χ0v) is 14.2. The standard InChI is InChI=1S/C16H26O7/c1-5-7-19-10(2)6-8-20-14-12(17)15(18)22-13(14)11-9-21-16(3,4)23-11/h10-11,13,17H,5-9H2,1-4H3. The molecular formula is C16H26O7. The van der Waals surface area contributed by atoms with Gasteiger partial charge in [0.1, 0.15) is 6.10 Å². The molecule has 0 bridgehead atoms. The van der Waals surface area contributed by atoms with Crippen molar-refractivity contribution in [3.8, 4) is 0 Å². The van der Waals surface area contributed by atoms with Crippen molar-refractivity contribution < 1.29 is 33.6 Å². The molecule has 2 heterocycles. The van der Waals surface area contributed by atoms with Gasteiger partial charge in [-0.25, -0.2) is 4.79 Å². The van der Waals surface area contributed by atoms with Gasteiger partial charge < -0.3 is 28.8 Å². The number of esters is 1. The minimum Gasteiger partial charge on any atom is -0.499 e. The molecule has 23 heavy (non-hydrogen) atoms. The zero-order valence-electron chi connectivity index (χ0n) is 14.2. The Morgan fingerprint density at radius 1 is 1.39 bits per heavy atom. The number of carbonyl (C=O) groups is 1. The summed E-state index contributed by atoms with van der Waals surface area (Å²) in [4.78, 5) is 11.6. The second-order valence-electron chi connectivity index (χ2n) is 6.22. The van der Waals surface area contributed by atoms with Crippen LogP contribution in [0.4, 0.5) is 0 Å². The van der Waals surface area contributed by atoms with Crippen molar-refractivity contribution in [3.63, 3.8) is 0 Å². The average molecular weight is 330 g/mol. The Morgan fingerprint density at radius 3 is 2.74 bits per heavy atom. The number of ether oxygens (including phenoxy) is 5. The van der Waals surface area contributed by atoms with Gasteiger partial charge in [-0.05, 0) is 27.2 Å². The minimum absolute atomic E-state index is 0.0409. The van der Waals surface area contributed by atoms with Crippen molar-refractivity contribution >= 4 is 5.97 Å². The number of carbonyl (C=O) groups excluding carboxylic acids is 1. The molecule has 7 heteroatoms.